The van der Waals surface area contributed by atoms with Gasteiger partial charge in [0.25, 0.3) is 0 Å². The van der Waals surface area contributed by atoms with E-state index in [1.807, 2.05) is 25.1 Å². The van der Waals surface area contributed by atoms with Crippen molar-refractivity contribution in [1.82, 2.24) is 5.32 Å². The lowest BCUT2D eigenvalue weighted by Crippen LogP contribution is -2.30. The summed E-state index contributed by atoms with van der Waals surface area (Å²) >= 11 is 12.2. The standard InChI is InChI=1S/C17H18Cl2N2O3S/c1-11(13-5-3-4-6-14(13)18)20-10-17(22)21-16-9-12(25(2,23)24)7-8-15(16)19/h3-9,11,20H,10H2,1-2H3,(H,21,22). The predicted octanol–water partition coefficient (Wildman–Crippen LogP) is 3.69. The topological polar surface area (TPSA) is 75.3 Å². The Balaban J connectivity index is 2.02. The second-order valence-corrected chi connectivity index (χ2v) is 8.42. The summed E-state index contributed by atoms with van der Waals surface area (Å²) in [6.07, 6.45) is 1.09. The molecule has 0 spiro atoms. The van der Waals surface area contributed by atoms with Crippen molar-refractivity contribution in [3.05, 3.63) is 58.1 Å². The molecule has 0 saturated heterocycles. The van der Waals surface area contributed by atoms with Crippen molar-refractivity contribution in [3.8, 4) is 0 Å². The van der Waals surface area contributed by atoms with Gasteiger partial charge in [-0.15, -0.1) is 0 Å². The molecule has 25 heavy (non-hydrogen) atoms. The maximum atomic E-state index is 12.1. The summed E-state index contributed by atoms with van der Waals surface area (Å²) in [5.41, 5.74) is 1.14. The molecule has 2 aromatic rings. The normalized spacial score (nSPS) is 12.6. The van der Waals surface area contributed by atoms with Crippen LogP contribution in [0.1, 0.15) is 18.5 Å². The van der Waals surface area contributed by atoms with E-state index in [1.54, 1.807) is 6.07 Å². The fourth-order valence-electron chi connectivity index (χ4n) is 2.21. The van der Waals surface area contributed by atoms with Crippen molar-refractivity contribution in [3.63, 3.8) is 0 Å². The maximum absolute atomic E-state index is 12.1. The maximum Gasteiger partial charge on any atom is 0.238 e. The molecule has 1 amide bonds. The molecule has 2 rings (SSSR count). The number of anilines is 1. The van der Waals surface area contributed by atoms with Crippen molar-refractivity contribution < 1.29 is 13.2 Å². The third-order valence-electron chi connectivity index (χ3n) is 3.58. The Kier molecular flexibility index (Phi) is 6.46. The molecule has 0 aliphatic heterocycles. The smallest absolute Gasteiger partial charge is 0.238 e. The SMILES string of the molecule is CC(NCC(=O)Nc1cc(S(C)(=O)=O)ccc1Cl)c1ccccc1Cl. The Morgan fingerprint density at radius 1 is 1.12 bits per heavy atom. The third kappa shape index (κ3) is 5.44. The van der Waals surface area contributed by atoms with Crippen LogP contribution in [0.3, 0.4) is 0 Å². The van der Waals surface area contributed by atoms with Crippen molar-refractivity contribution in [2.45, 2.75) is 17.9 Å². The van der Waals surface area contributed by atoms with Gasteiger partial charge in [-0.25, -0.2) is 8.42 Å². The van der Waals surface area contributed by atoms with E-state index in [0.29, 0.717) is 5.02 Å². The number of carbonyl (C=O) groups excluding carboxylic acids is 1. The molecule has 134 valence electrons. The van der Waals surface area contributed by atoms with E-state index in [1.165, 1.54) is 18.2 Å². The van der Waals surface area contributed by atoms with E-state index < -0.39 is 9.84 Å². The summed E-state index contributed by atoms with van der Waals surface area (Å²) in [6.45, 7) is 1.91. The molecule has 0 aliphatic carbocycles. The Labute approximate surface area is 157 Å². The molecular formula is C17H18Cl2N2O3S. The van der Waals surface area contributed by atoms with E-state index in [0.717, 1.165) is 11.8 Å². The number of amides is 1. The largest absolute Gasteiger partial charge is 0.324 e. The molecule has 8 heteroatoms. The predicted molar refractivity (Wildman–Crippen MR) is 101 cm³/mol. The molecule has 0 radical (unpaired) electrons. The lowest BCUT2D eigenvalue weighted by Gasteiger charge is -2.16. The van der Waals surface area contributed by atoms with E-state index in [-0.39, 0.29) is 34.1 Å². The van der Waals surface area contributed by atoms with Gasteiger partial charge in [0.15, 0.2) is 9.84 Å². The van der Waals surface area contributed by atoms with Crippen molar-refractivity contribution in [1.29, 1.82) is 0 Å². The Bertz CT molecular complexity index is 885. The van der Waals surface area contributed by atoms with Gasteiger partial charge in [0.05, 0.1) is 22.2 Å². The van der Waals surface area contributed by atoms with E-state index in [4.69, 9.17) is 23.2 Å². The van der Waals surface area contributed by atoms with Crippen LogP contribution in [-0.2, 0) is 14.6 Å². The zero-order chi connectivity index (χ0) is 18.6. The zero-order valence-corrected chi connectivity index (χ0v) is 16.0. The molecule has 0 aromatic heterocycles. The molecule has 5 nitrogen and oxygen atoms in total. The highest BCUT2D eigenvalue weighted by molar-refractivity contribution is 7.90. The number of hydrogen-bond donors (Lipinski definition) is 2. The van der Waals surface area contributed by atoms with Gasteiger partial charge in [0, 0.05) is 17.3 Å². The second kappa shape index (κ2) is 8.19. The number of hydrogen-bond acceptors (Lipinski definition) is 4. The summed E-state index contributed by atoms with van der Waals surface area (Å²) in [5.74, 6) is -0.341. The molecule has 0 heterocycles. The molecule has 1 unspecified atom stereocenters. The fraction of sp³-hybridized carbons (Fsp3) is 0.235. The average Bonchev–Trinajstić information content (AvgIpc) is 2.54. The van der Waals surface area contributed by atoms with Crippen LogP contribution >= 0.6 is 23.2 Å². The van der Waals surface area contributed by atoms with Crippen LogP contribution in [0.5, 0.6) is 0 Å². The summed E-state index contributed by atoms with van der Waals surface area (Å²) in [6, 6.07) is 11.4. The van der Waals surface area contributed by atoms with Gasteiger partial charge in [-0.05, 0) is 36.8 Å². The van der Waals surface area contributed by atoms with Crippen molar-refractivity contribution in [2.24, 2.45) is 0 Å². The highest BCUT2D eigenvalue weighted by atomic mass is 35.5. The number of nitrogens with one attached hydrogen (secondary N) is 2. The molecule has 1 atom stereocenters. The van der Waals surface area contributed by atoms with E-state index in [2.05, 4.69) is 10.6 Å². The highest BCUT2D eigenvalue weighted by Gasteiger charge is 2.14. The van der Waals surface area contributed by atoms with Crippen molar-refractivity contribution >= 4 is 44.6 Å². The van der Waals surface area contributed by atoms with Gasteiger partial charge >= 0.3 is 0 Å². The molecule has 0 fully saturated rings. The Morgan fingerprint density at radius 2 is 1.80 bits per heavy atom. The molecule has 2 N–H and O–H groups in total. The quantitative estimate of drug-likeness (QED) is 0.774. The molecule has 2 aromatic carbocycles. The van der Waals surface area contributed by atoms with Gasteiger partial charge in [-0.3, -0.25) is 4.79 Å². The molecular weight excluding hydrogens is 383 g/mol. The van der Waals surface area contributed by atoms with Gasteiger partial charge in [0.2, 0.25) is 5.91 Å². The van der Waals surface area contributed by atoms with Crippen LogP contribution in [0.2, 0.25) is 10.0 Å². The first kappa shape index (κ1) is 19.7. The van der Waals surface area contributed by atoms with Crippen LogP contribution < -0.4 is 10.6 Å². The van der Waals surface area contributed by atoms with Crippen molar-refractivity contribution in [2.75, 3.05) is 18.1 Å². The van der Waals surface area contributed by atoms with Crippen LogP contribution in [0.4, 0.5) is 5.69 Å². The highest BCUT2D eigenvalue weighted by Crippen LogP contribution is 2.25. The molecule has 0 aliphatic rings. The second-order valence-electron chi connectivity index (χ2n) is 5.59. The number of halogens is 2. The third-order valence-corrected chi connectivity index (χ3v) is 5.36. The summed E-state index contributed by atoms with van der Waals surface area (Å²) in [7, 11) is -3.38. The first-order valence-electron chi connectivity index (χ1n) is 7.45. The Hall–Kier alpha value is -1.60. The van der Waals surface area contributed by atoms with Crippen LogP contribution in [0, 0.1) is 0 Å². The number of benzene rings is 2. The summed E-state index contributed by atoms with van der Waals surface area (Å²) < 4.78 is 23.2. The summed E-state index contributed by atoms with van der Waals surface area (Å²) in [4.78, 5) is 12.2. The lowest BCUT2D eigenvalue weighted by atomic mass is 10.1. The van der Waals surface area contributed by atoms with Gasteiger partial charge in [-0.2, -0.15) is 0 Å². The fourth-order valence-corrected chi connectivity index (χ4v) is 3.32. The minimum atomic E-state index is -3.38. The minimum Gasteiger partial charge on any atom is -0.324 e. The minimum absolute atomic E-state index is 0.0197. The van der Waals surface area contributed by atoms with Gasteiger partial charge in [-0.1, -0.05) is 41.4 Å². The average molecular weight is 401 g/mol. The first-order chi connectivity index (χ1) is 11.7. The number of sulfone groups is 1. The Morgan fingerprint density at radius 3 is 2.44 bits per heavy atom. The van der Waals surface area contributed by atoms with Gasteiger partial charge < -0.3 is 10.6 Å². The van der Waals surface area contributed by atoms with E-state index in [9.17, 15) is 13.2 Å². The zero-order valence-electron chi connectivity index (χ0n) is 13.7. The van der Waals surface area contributed by atoms with Crippen LogP contribution in [0.25, 0.3) is 0 Å². The van der Waals surface area contributed by atoms with Crippen LogP contribution in [0.15, 0.2) is 47.4 Å². The van der Waals surface area contributed by atoms with Crippen LogP contribution in [-0.4, -0.2) is 27.1 Å². The monoisotopic (exact) mass is 400 g/mol. The lowest BCUT2D eigenvalue weighted by molar-refractivity contribution is -0.115. The van der Waals surface area contributed by atoms with E-state index >= 15 is 0 Å². The number of rotatable bonds is 6. The summed E-state index contributed by atoms with van der Waals surface area (Å²) in [5, 5.41) is 6.56. The number of carbonyl (C=O) groups is 1. The first-order valence-corrected chi connectivity index (χ1v) is 10.1. The van der Waals surface area contributed by atoms with Gasteiger partial charge in [0.1, 0.15) is 0 Å². The molecule has 0 bridgehead atoms. The molecule has 0 saturated carbocycles.